The Morgan fingerprint density at radius 2 is 1.61 bits per heavy atom. The molecule has 4 heteroatoms. The molecule has 0 aromatic heterocycles. The van der Waals surface area contributed by atoms with Crippen molar-refractivity contribution in [2.75, 3.05) is 39.6 Å². The molecular formula is C14H28O4. The number of hydrogen-bond donors (Lipinski definition) is 1. The van der Waals surface area contributed by atoms with Gasteiger partial charge in [0.25, 0.3) is 0 Å². The molecule has 0 amide bonds. The van der Waals surface area contributed by atoms with Crippen LogP contribution in [0, 0.1) is 0 Å². The van der Waals surface area contributed by atoms with Gasteiger partial charge < -0.3 is 19.3 Å². The first-order valence-electron chi connectivity index (χ1n) is 6.94. The van der Waals surface area contributed by atoms with Gasteiger partial charge >= 0.3 is 0 Å². The fraction of sp³-hybridized carbons (Fsp3) is 0.857. The summed E-state index contributed by atoms with van der Waals surface area (Å²) in [4.78, 5) is 0. The highest BCUT2D eigenvalue weighted by molar-refractivity contribution is 4.73. The van der Waals surface area contributed by atoms with E-state index >= 15 is 0 Å². The molecule has 1 N–H and O–H groups in total. The van der Waals surface area contributed by atoms with Crippen LogP contribution in [0.4, 0.5) is 0 Å². The van der Waals surface area contributed by atoms with Crippen LogP contribution < -0.4 is 0 Å². The molecule has 0 aliphatic rings. The van der Waals surface area contributed by atoms with Gasteiger partial charge in [0.2, 0.25) is 0 Å². The molecule has 0 spiro atoms. The molecule has 0 unspecified atom stereocenters. The maximum atomic E-state index is 8.46. The van der Waals surface area contributed by atoms with E-state index in [1.165, 1.54) is 25.7 Å². The van der Waals surface area contributed by atoms with Crippen molar-refractivity contribution in [1.29, 1.82) is 0 Å². The molecule has 108 valence electrons. The van der Waals surface area contributed by atoms with Crippen LogP contribution in [-0.2, 0) is 14.2 Å². The second-order valence-corrected chi connectivity index (χ2v) is 4.04. The smallest absolute Gasteiger partial charge is 0.111 e. The van der Waals surface area contributed by atoms with Crippen LogP contribution in [-0.4, -0.2) is 44.7 Å². The first kappa shape index (κ1) is 17.4. The Bertz CT molecular complexity index is 171. The summed E-state index contributed by atoms with van der Waals surface area (Å²) >= 11 is 0. The normalized spacial score (nSPS) is 11.2. The van der Waals surface area contributed by atoms with E-state index in [0.29, 0.717) is 33.0 Å². The molecule has 0 rings (SSSR count). The van der Waals surface area contributed by atoms with E-state index < -0.39 is 0 Å². The van der Waals surface area contributed by atoms with Crippen molar-refractivity contribution in [1.82, 2.24) is 0 Å². The van der Waals surface area contributed by atoms with Gasteiger partial charge in [-0.3, -0.25) is 0 Å². The molecular weight excluding hydrogens is 232 g/mol. The molecule has 0 saturated carbocycles. The molecule has 18 heavy (non-hydrogen) atoms. The van der Waals surface area contributed by atoms with E-state index in [2.05, 4.69) is 13.0 Å². The Kier molecular flexibility index (Phi) is 15.9. The minimum absolute atomic E-state index is 0.0617. The van der Waals surface area contributed by atoms with Crippen LogP contribution in [0.25, 0.3) is 0 Å². The fourth-order valence-electron chi connectivity index (χ4n) is 1.39. The van der Waals surface area contributed by atoms with E-state index in [9.17, 15) is 0 Å². The van der Waals surface area contributed by atoms with Crippen LogP contribution in [0.2, 0.25) is 0 Å². The van der Waals surface area contributed by atoms with Gasteiger partial charge in [-0.25, -0.2) is 0 Å². The minimum atomic E-state index is 0.0617. The summed E-state index contributed by atoms with van der Waals surface area (Å²) in [5.74, 6) is 0. The number of allylic oxidation sites excluding steroid dienone is 1. The quantitative estimate of drug-likeness (QED) is 0.385. The molecule has 0 fully saturated rings. The number of aliphatic hydroxyl groups excluding tert-OH is 1. The van der Waals surface area contributed by atoms with Crippen LogP contribution >= 0.6 is 0 Å². The molecule has 0 radical (unpaired) electrons. The zero-order valence-corrected chi connectivity index (χ0v) is 11.6. The lowest BCUT2D eigenvalue weighted by atomic mass is 10.1. The topological polar surface area (TPSA) is 47.9 Å². The molecule has 0 aliphatic carbocycles. The Morgan fingerprint density at radius 1 is 0.889 bits per heavy atom. The average Bonchev–Trinajstić information content (AvgIpc) is 2.39. The molecule has 0 heterocycles. The summed E-state index contributed by atoms with van der Waals surface area (Å²) < 4.78 is 15.6. The number of ether oxygens (including phenoxy) is 3. The lowest BCUT2D eigenvalue weighted by Gasteiger charge is -2.04. The number of hydrogen-bond acceptors (Lipinski definition) is 4. The zero-order chi connectivity index (χ0) is 13.3. The summed E-state index contributed by atoms with van der Waals surface area (Å²) in [6.45, 7) is 4.87. The predicted molar refractivity (Wildman–Crippen MR) is 72.6 cm³/mol. The lowest BCUT2D eigenvalue weighted by Crippen LogP contribution is -2.09. The van der Waals surface area contributed by atoms with Gasteiger partial charge in [-0.1, -0.05) is 26.2 Å². The SMILES string of the molecule is CCCCCCC=COCCOCCOCCO. The molecule has 0 aromatic carbocycles. The van der Waals surface area contributed by atoms with Crippen molar-refractivity contribution in [3.63, 3.8) is 0 Å². The second kappa shape index (κ2) is 16.4. The summed E-state index contributed by atoms with van der Waals surface area (Å²) in [6, 6.07) is 0. The van der Waals surface area contributed by atoms with Crippen LogP contribution in [0.5, 0.6) is 0 Å². The van der Waals surface area contributed by atoms with Gasteiger partial charge in [0.15, 0.2) is 0 Å². The number of rotatable bonds is 14. The van der Waals surface area contributed by atoms with Crippen molar-refractivity contribution in [2.24, 2.45) is 0 Å². The minimum Gasteiger partial charge on any atom is -0.499 e. The van der Waals surface area contributed by atoms with Crippen molar-refractivity contribution < 1.29 is 19.3 Å². The summed E-state index contributed by atoms with van der Waals surface area (Å²) in [7, 11) is 0. The Morgan fingerprint density at radius 3 is 2.33 bits per heavy atom. The number of unbranched alkanes of at least 4 members (excludes halogenated alkanes) is 4. The maximum Gasteiger partial charge on any atom is 0.111 e. The third-order valence-corrected chi connectivity index (χ3v) is 2.37. The van der Waals surface area contributed by atoms with Gasteiger partial charge in [0.05, 0.1) is 39.3 Å². The summed E-state index contributed by atoms with van der Waals surface area (Å²) in [5, 5.41) is 8.46. The Hall–Kier alpha value is -0.580. The van der Waals surface area contributed by atoms with Crippen molar-refractivity contribution in [3.8, 4) is 0 Å². The van der Waals surface area contributed by atoms with Gasteiger partial charge in [0.1, 0.15) is 6.61 Å². The average molecular weight is 260 g/mol. The van der Waals surface area contributed by atoms with E-state index in [-0.39, 0.29) is 6.61 Å². The van der Waals surface area contributed by atoms with Gasteiger partial charge in [-0.2, -0.15) is 0 Å². The van der Waals surface area contributed by atoms with Gasteiger partial charge in [0, 0.05) is 0 Å². The van der Waals surface area contributed by atoms with Crippen LogP contribution in [0.15, 0.2) is 12.3 Å². The predicted octanol–water partition coefficient (Wildman–Crippen LogP) is 2.51. The monoisotopic (exact) mass is 260 g/mol. The zero-order valence-electron chi connectivity index (χ0n) is 11.6. The Balaban J connectivity index is 2.99. The number of aliphatic hydroxyl groups is 1. The Labute approximate surface area is 111 Å². The highest BCUT2D eigenvalue weighted by Gasteiger charge is 1.89. The van der Waals surface area contributed by atoms with Gasteiger partial charge in [-0.15, -0.1) is 0 Å². The van der Waals surface area contributed by atoms with E-state index in [1.807, 2.05) is 0 Å². The maximum absolute atomic E-state index is 8.46. The third-order valence-electron chi connectivity index (χ3n) is 2.37. The van der Waals surface area contributed by atoms with Crippen molar-refractivity contribution >= 4 is 0 Å². The summed E-state index contributed by atoms with van der Waals surface area (Å²) in [6.07, 6.45) is 10.1. The first-order chi connectivity index (χ1) is 8.91. The molecule has 0 atom stereocenters. The second-order valence-electron chi connectivity index (χ2n) is 4.04. The van der Waals surface area contributed by atoms with Crippen molar-refractivity contribution in [2.45, 2.75) is 39.0 Å². The van der Waals surface area contributed by atoms with Crippen LogP contribution in [0.1, 0.15) is 39.0 Å². The highest BCUT2D eigenvalue weighted by atomic mass is 16.5. The standard InChI is InChI=1S/C14H28O4/c1-2-3-4-5-6-7-9-16-11-13-18-14-12-17-10-8-15/h7,9,15H,2-6,8,10-14H2,1H3. The highest BCUT2D eigenvalue weighted by Crippen LogP contribution is 2.02. The fourth-order valence-corrected chi connectivity index (χ4v) is 1.39. The molecule has 0 saturated heterocycles. The van der Waals surface area contributed by atoms with E-state index in [0.717, 1.165) is 6.42 Å². The molecule has 4 nitrogen and oxygen atoms in total. The van der Waals surface area contributed by atoms with Gasteiger partial charge in [-0.05, 0) is 18.9 Å². The van der Waals surface area contributed by atoms with Crippen LogP contribution in [0.3, 0.4) is 0 Å². The van der Waals surface area contributed by atoms with E-state index in [4.69, 9.17) is 19.3 Å². The van der Waals surface area contributed by atoms with Crippen molar-refractivity contribution in [3.05, 3.63) is 12.3 Å². The molecule has 0 bridgehead atoms. The third kappa shape index (κ3) is 15.4. The molecule has 0 aliphatic heterocycles. The molecule has 0 aromatic rings. The van der Waals surface area contributed by atoms with E-state index in [1.54, 1.807) is 6.26 Å². The largest absolute Gasteiger partial charge is 0.499 e. The first-order valence-corrected chi connectivity index (χ1v) is 6.94. The summed E-state index contributed by atoms with van der Waals surface area (Å²) in [5.41, 5.74) is 0. The lowest BCUT2D eigenvalue weighted by molar-refractivity contribution is 0.0202.